The second-order valence-electron chi connectivity index (χ2n) is 9.00. The lowest BCUT2D eigenvalue weighted by Crippen LogP contribution is -2.30. The first kappa shape index (κ1) is 31.6. The van der Waals surface area contributed by atoms with E-state index in [9.17, 15) is 44.3 Å². The molecule has 0 aliphatic carbocycles. The molecule has 0 aliphatic heterocycles. The number of hydrogen-bond donors (Lipinski definition) is 0. The van der Waals surface area contributed by atoms with E-state index in [-0.39, 0.29) is 17.2 Å². The van der Waals surface area contributed by atoms with Crippen LogP contribution >= 0.6 is 0 Å². The van der Waals surface area contributed by atoms with Gasteiger partial charge in [-0.25, -0.2) is 4.79 Å². The van der Waals surface area contributed by atoms with Gasteiger partial charge in [0.15, 0.2) is 0 Å². The summed E-state index contributed by atoms with van der Waals surface area (Å²) >= 11 is 0. The topological polar surface area (TPSA) is 38.8 Å². The summed E-state index contributed by atoms with van der Waals surface area (Å²) in [6.07, 6.45) is -15.7. The number of rotatable bonds is 7. The van der Waals surface area contributed by atoms with Crippen LogP contribution in [0.15, 0.2) is 54.6 Å². The monoisotopic (exact) mass is 593 g/mol. The van der Waals surface area contributed by atoms with Gasteiger partial charge < -0.3 is 9.47 Å². The van der Waals surface area contributed by atoms with Gasteiger partial charge in [-0.2, -0.15) is 39.5 Å². The maximum Gasteiger partial charge on any atom is 0.416 e. The third-order valence-electron chi connectivity index (χ3n) is 6.21. The number of carbonyl (C=O) groups excluding carboxylic acids is 1. The van der Waals surface area contributed by atoms with E-state index in [1.165, 1.54) is 7.11 Å². The van der Waals surface area contributed by atoms with Crippen LogP contribution in [0.3, 0.4) is 0 Å². The van der Waals surface area contributed by atoms with E-state index in [4.69, 9.17) is 4.74 Å². The van der Waals surface area contributed by atoms with Crippen LogP contribution in [0.25, 0.3) is 11.1 Å². The molecule has 0 radical (unpaired) electrons. The van der Waals surface area contributed by atoms with Crippen molar-refractivity contribution < 1.29 is 53.8 Å². The van der Waals surface area contributed by atoms with Crippen LogP contribution in [-0.2, 0) is 42.8 Å². The summed E-state index contributed by atoms with van der Waals surface area (Å²) in [5, 5.41) is 0. The van der Waals surface area contributed by atoms with Gasteiger partial charge in [-0.1, -0.05) is 19.1 Å². The standard InChI is InChI=1S/C28H24F9NO3/c1-4-16-5-8-24(40-2)23(11-16)22-7-6-19(26(29,30)31)12-18(22)15-38(25(39)41-3)14-17-9-20(27(32,33)34)13-21(10-17)28(35,36)37/h5-13H,4,14-15H2,1-3H3. The zero-order valence-electron chi connectivity index (χ0n) is 21.9. The zero-order chi connectivity index (χ0) is 30.8. The van der Waals surface area contributed by atoms with Gasteiger partial charge in [-0.3, -0.25) is 4.90 Å². The van der Waals surface area contributed by atoms with E-state index < -0.39 is 60.0 Å². The highest BCUT2D eigenvalue weighted by molar-refractivity contribution is 5.75. The predicted octanol–water partition coefficient (Wildman–Crippen LogP) is 8.75. The van der Waals surface area contributed by atoms with Crippen molar-refractivity contribution in [2.75, 3.05) is 14.2 Å². The quantitative estimate of drug-likeness (QED) is 0.257. The smallest absolute Gasteiger partial charge is 0.416 e. The van der Waals surface area contributed by atoms with Crippen LogP contribution < -0.4 is 4.74 Å². The van der Waals surface area contributed by atoms with Crippen molar-refractivity contribution in [1.29, 1.82) is 0 Å². The Morgan fingerprint density at radius 3 is 1.76 bits per heavy atom. The fraction of sp³-hybridized carbons (Fsp3) is 0.321. The number of hydrogen-bond acceptors (Lipinski definition) is 3. The SMILES string of the molecule is CCc1ccc(OC)c(-c2ccc(C(F)(F)F)cc2CN(Cc2cc(C(F)(F)F)cc(C(F)(F)F)c2)C(=O)OC)c1. The van der Waals surface area contributed by atoms with Gasteiger partial charge in [-0.15, -0.1) is 0 Å². The number of aryl methyl sites for hydroxylation is 1. The Morgan fingerprint density at radius 1 is 0.683 bits per heavy atom. The minimum Gasteiger partial charge on any atom is -0.496 e. The second kappa shape index (κ2) is 11.9. The van der Waals surface area contributed by atoms with E-state index >= 15 is 0 Å². The molecule has 13 heteroatoms. The Balaban J connectivity index is 2.18. The summed E-state index contributed by atoms with van der Waals surface area (Å²) in [7, 11) is 2.27. The van der Waals surface area contributed by atoms with Crippen molar-refractivity contribution in [3.05, 3.63) is 88.0 Å². The number of methoxy groups -OCH3 is 2. The number of nitrogens with zero attached hydrogens (tertiary/aromatic N) is 1. The van der Waals surface area contributed by atoms with Crippen molar-refractivity contribution in [2.24, 2.45) is 0 Å². The molecule has 0 saturated carbocycles. The summed E-state index contributed by atoms with van der Waals surface area (Å²) in [4.78, 5) is 13.4. The normalized spacial score (nSPS) is 12.3. The first-order valence-corrected chi connectivity index (χ1v) is 12.0. The largest absolute Gasteiger partial charge is 0.496 e. The maximum absolute atomic E-state index is 13.6. The maximum atomic E-state index is 13.6. The first-order chi connectivity index (χ1) is 19.0. The van der Waals surface area contributed by atoms with Gasteiger partial charge in [-0.05, 0) is 71.1 Å². The molecular weight excluding hydrogens is 569 g/mol. The van der Waals surface area contributed by atoms with E-state index in [1.807, 2.05) is 6.92 Å². The summed E-state index contributed by atoms with van der Waals surface area (Å²) in [6.45, 7) is 0.368. The second-order valence-corrected chi connectivity index (χ2v) is 9.00. The van der Waals surface area contributed by atoms with E-state index in [1.54, 1.807) is 18.2 Å². The predicted molar refractivity (Wildman–Crippen MR) is 131 cm³/mol. The Labute approximate surface area is 229 Å². The van der Waals surface area contributed by atoms with Gasteiger partial charge in [0.05, 0.1) is 30.9 Å². The number of carbonyl (C=O) groups is 1. The average molecular weight is 593 g/mol. The molecule has 0 spiro atoms. The molecule has 222 valence electrons. The van der Waals surface area contributed by atoms with Crippen LogP contribution in [-0.4, -0.2) is 25.2 Å². The van der Waals surface area contributed by atoms with E-state index in [2.05, 4.69) is 4.74 Å². The van der Waals surface area contributed by atoms with E-state index in [0.29, 0.717) is 34.8 Å². The molecule has 0 saturated heterocycles. The molecule has 4 nitrogen and oxygen atoms in total. The van der Waals surface area contributed by atoms with Gasteiger partial charge in [0, 0.05) is 18.7 Å². The van der Waals surface area contributed by atoms with Crippen molar-refractivity contribution in [2.45, 2.75) is 45.0 Å². The van der Waals surface area contributed by atoms with Crippen LogP contribution in [0.2, 0.25) is 0 Å². The number of benzene rings is 3. The molecule has 0 N–H and O–H groups in total. The summed E-state index contributed by atoms with van der Waals surface area (Å²) in [6, 6.07) is 8.58. The van der Waals surface area contributed by atoms with Crippen LogP contribution in [0.4, 0.5) is 44.3 Å². The van der Waals surface area contributed by atoms with Gasteiger partial charge in [0.2, 0.25) is 0 Å². The lowest BCUT2D eigenvalue weighted by molar-refractivity contribution is -0.143. The summed E-state index contributed by atoms with van der Waals surface area (Å²) in [5.41, 5.74) is -3.56. The minimum atomic E-state index is -5.14. The summed E-state index contributed by atoms with van der Waals surface area (Å²) in [5.74, 6) is 0.292. The van der Waals surface area contributed by atoms with Crippen molar-refractivity contribution in [3.8, 4) is 16.9 Å². The molecule has 0 fully saturated rings. The van der Waals surface area contributed by atoms with Crippen LogP contribution in [0, 0.1) is 0 Å². The Bertz CT molecular complexity index is 1360. The van der Waals surface area contributed by atoms with Gasteiger partial charge in [0.25, 0.3) is 0 Å². The molecule has 1 amide bonds. The molecule has 3 rings (SSSR count). The van der Waals surface area contributed by atoms with Crippen molar-refractivity contribution in [3.63, 3.8) is 0 Å². The molecule has 0 bridgehead atoms. The van der Waals surface area contributed by atoms with Crippen LogP contribution in [0.1, 0.15) is 40.3 Å². The Morgan fingerprint density at radius 2 is 1.27 bits per heavy atom. The third-order valence-corrected chi connectivity index (χ3v) is 6.21. The molecule has 0 unspecified atom stereocenters. The lowest BCUT2D eigenvalue weighted by Gasteiger charge is -2.25. The highest BCUT2D eigenvalue weighted by Gasteiger charge is 2.37. The van der Waals surface area contributed by atoms with Crippen LogP contribution in [0.5, 0.6) is 5.75 Å². The molecule has 3 aromatic rings. The fourth-order valence-electron chi connectivity index (χ4n) is 4.20. The number of alkyl halides is 9. The summed E-state index contributed by atoms with van der Waals surface area (Å²) < 4.78 is 131. The highest BCUT2D eigenvalue weighted by Crippen LogP contribution is 2.39. The number of amides is 1. The first-order valence-electron chi connectivity index (χ1n) is 12.0. The molecule has 41 heavy (non-hydrogen) atoms. The average Bonchev–Trinajstić information content (AvgIpc) is 2.90. The molecule has 0 heterocycles. The third kappa shape index (κ3) is 7.65. The molecule has 0 aromatic heterocycles. The number of ether oxygens (including phenoxy) is 2. The Kier molecular flexibility index (Phi) is 9.19. The van der Waals surface area contributed by atoms with Crippen molar-refractivity contribution in [1.82, 2.24) is 4.90 Å². The number of halogens is 9. The highest BCUT2D eigenvalue weighted by atomic mass is 19.4. The molecular formula is C28H24F9NO3. The van der Waals surface area contributed by atoms with E-state index in [0.717, 1.165) is 30.9 Å². The molecule has 3 aromatic carbocycles. The van der Waals surface area contributed by atoms with Gasteiger partial charge >= 0.3 is 24.6 Å². The van der Waals surface area contributed by atoms with Crippen molar-refractivity contribution >= 4 is 6.09 Å². The van der Waals surface area contributed by atoms with Gasteiger partial charge in [0.1, 0.15) is 5.75 Å². The zero-order valence-corrected chi connectivity index (χ0v) is 21.9. The molecule has 0 aliphatic rings. The fourth-order valence-corrected chi connectivity index (χ4v) is 4.20. The Hall–Kier alpha value is -3.90. The minimum absolute atomic E-state index is 0.0656. The lowest BCUT2D eigenvalue weighted by atomic mass is 9.94. The molecule has 0 atom stereocenters.